The largest absolute Gasteiger partial charge is 0.324 e. The van der Waals surface area contributed by atoms with Crippen LogP contribution < -0.4 is 5.32 Å². The van der Waals surface area contributed by atoms with E-state index in [2.05, 4.69) is 5.32 Å². The minimum Gasteiger partial charge on any atom is -0.324 e. The molecule has 4 aliphatic carbocycles. The van der Waals surface area contributed by atoms with Gasteiger partial charge in [-0.3, -0.25) is 4.79 Å². The van der Waals surface area contributed by atoms with E-state index in [4.69, 9.17) is 0 Å². The first-order valence-electron chi connectivity index (χ1n) is 8.57. The summed E-state index contributed by atoms with van der Waals surface area (Å²) in [5.41, 5.74) is 1.50. The van der Waals surface area contributed by atoms with E-state index in [0.717, 1.165) is 23.3 Å². The molecule has 4 fully saturated rings. The fourth-order valence-electron chi connectivity index (χ4n) is 5.78. The number of hydrogen-bond donors (Lipinski definition) is 1. The van der Waals surface area contributed by atoms with Crippen molar-refractivity contribution in [2.75, 3.05) is 5.32 Å². The molecule has 0 heterocycles. The topological polar surface area (TPSA) is 29.1 Å². The summed E-state index contributed by atoms with van der Waals surface area (Å²) in [6, 6.07) is 4.87. The first-order chi connectivity index (χ1) is 10.5. The second kappa shape index (κ2) is 5.07. The monoisotopic (exact) mass is 301 g/mol. The SMILES string of the molecule is Cc1ccc(F)c(NC(=O)CC23CC4CC(CC(C4)C2)C3)c1. The van der Waals surface area contributed by atoms with Crippen molar-refractivity contribution in [3.63, 3.8) is 0 Å². The third-order valence-corrected chi connectivity index (χ3v) is 6.10. The fourth-order valence-corrected chi connectivity index (χ4v) is 5.78. The number of halogens is 1. The molecular formula is C19H24FNO. The van der Waals surface area contributed by atoms with Crippen LogP contribution in [0, 0.1) is 35.9 Å². The van der Waals surface area contributed by atoms with Gasteiger partial charge < -0.3 is 5.32 Å². The number of carbonyl (C=O) groups excluding carboxylic acids is 1. The van der Waals surface area contributed by atoms with Crippen molar-refractivity contribution in [1.82, 2.24) is 0 Å². The van der Waals surface area contributed by atoms with Crippen molar-refractivity contribution in [2.45, 2.75) is 51.9 Å². The van der Waals surface area contributed by atoms with Gasteiger partial charge in [0, 0.05) is 6.42 Å². The molecule has 1 N–H and O–H groups in total. The molecule has 1 aromatic carbocycles. The van der Waals surface area contributed by atoms with Crippen molar-refractivity contribution < 1.29 is 9.18 Å². The Balaban J connectivity index is 1.47. The maximum atomic E-state index is 13.8. The van der Waals surface area contributed by atoms with Gasteiger partial charge in [-0.2, -0.15) is 0 Å². The van der Waals surface area contributed by atoms with Gasteiger partial charge in [-0.15, -0.1) is 0 Å². The van der Waals surface area contributed by atoms with Gasteiger partial charge in [0.15, 0.2) is 0 Å². The number of anilines is 1. The number of hydrogen-bond acceptors (Lipinski definition) is 1. The van der Waals surface area contributed by atoms with Gasteiger partial charge in [-0.05, 0) is 86.3 Å². The van der Waals surface area contributed by atoms with E-state index in [1.807, 2.05) is 6.92 Å². The van der Waals surface area contributed by atoms with Crippen LogP contribution in [-0.4, -0.2) is 5.91 Å². The molecule has 0 aromatic heterocycles. The highest BCUT2D eigenvalue weighted by molar-refractivity contribution is 5.91. The lowest BCUT2D eigenvalue weighted by Crippen LogP contribution is -2.47. The molecule has 4 aliphatic rings. The van der Waals surface area contributed by atoms with Crippen LogP contribution in [0.4, 0.5) is 10.1 Å². The number of amides is 1. The lowest BCUT2D eigenvalue weighted by molar-refractivity contribution is -0.124. The van der Waals surface area contributed by atoms with Crippen LogP contribution in [-0.2, 0) is 4.79 Å². The Kier molecular flexibility index (Phi) is 3.28. The van der Waals surface area contributed by atoms with Crippen LogP contribution in [0.25, 0.3) is 0 Å². The van der Waals surface area contributed by atoms with Gasteiger partial charge in [0.05, 0.1) is 5.69 Å². The molecule has 3 heteroatoms. The van der Waals surface area contributed by atoms with Gasteiger partial charge in [-0.25, -0.2) is 4.39 Å². The zero-order chi connectivity index (χ0) is 15.3. The standard InChI is InChI=1S/C19H24FNO/c1-12-2-3-16(20)17(4-12)21-18(22)11-19-8-13-5-14(9-19)7-15(6-13)10-19/h2-4,13-15H,5-11H2,1H3,(H,21,22). The van der Waals surface area contributed by atoms with E-state index in [1.54, 1.807) is 12.1 Å². The van der Waals surface area contributed by atoms with Crippen molar-refractivity contribution in [3.05, 3.63) is 29.6 Å². The summed E-state index contributed by atoms with van der Waals surface area (Å²) in [4.78, 5) is 12.5. The first-order valence-corrected chi connectivity index (χ1v) is 8.57. The molecular weight excluding hydrogens is 277 g/mol. The van der Waals surface area contributed by atoms with E-state index < -0.39 is 0 Å². The molecule has 0 radical (unpaired) electrons. The van der Waals surface area contributed by atoms with E-state index in [1.165, 1.54) is 44.6 Å². The molecule has 0 atom stereocenters. The van der Waals surface area contributed by atoms with Gasteiger partial charge in [0.2, 0.25) is 5.91 Å². The summed E-state index contributed by atoms with van der Waals surface area (Å²) >= 11 is 0. The minimum absolute atomic E-state index is 0.00792. The third kappa shape index (κ3) is 2.55. The molecule has 5 rings (SSSR count). The predicted molar refractivity (Wildman–Crippen MR) is 85.0 cm³/mol. The van der Waals surface area contributed by atoms with Crippen LogP contribution in [0.2, 0.25) is 0 Å². The molecule has 0 spiro atoms. The number of aryl methyl sites for hydroxylation is 1. The quantitative estimate of drug-likeness (QED) is 0.863. The summed E-state index contributed by atoms with van der Waals surface area (Å²) in [6.45, 7) is 1.91. The lowest BCUT2D eigenvalue weighted by atomic mass is 9.49. The molecule has 4 saturated carbocycles. The molecule has 2 nitrogen and oxygen atoms in total. The molecule has 118 valence electrons. The fraction of sp³-hybridized carbons (Fsp3) is 0.632. The summed E-state index contributed by atoms with van der Waals surface area (Å²) in [7, 11) is 0. The van der Waals surface area contributed by atoms with Crippen molar-refractivity contribution in [1.29, 1.82) is 0 Å². The number of carbonyl (C=O) groups is 1. The third-order valence-electron chi connectivity index (χ3n) is 6.10. The Morgan fingerprint density at radius 1 is 1.18 bits per heavy atom. The zero-order valence-corrected chi connectivity index (χ0v) is 13.2. The molecule has 0 unspecified atom stereocenters. The zero-order valence-electron chi connectivity index (χ0n) is 13.2. The van der Waals surface area contributed by atoms with Gasteiger partial charge >= 0.3 is 0 Å². The number of rotatable bonds is 3. The molecule has 1 amide bonds. The first kappa shape index (κ1) is 14.2. The average molecular weight is 301 g/mol. The Bertz CT molecular complexity index is 574. The highest BCUT2D eigenvalue weighted by Gasteiger charge is 2.51. The average Bonchev–Trinajstić information content (AvgIpc) is 2.40. The number of nitrogens with one attached hydrogen (secondary N) is 1. The lowest BCUT2D eigenvalue weighted by Gasteiger charge is -2.56. The molecule has 1 aromatic rings. The number of benzene rings is 1. The Labute approximate surface area is 131 Å². The maximum absolute atomic E-state index is 13.8. The summed E-state index contributed by atoms with van der Waals surface area (Å²) in [6.07, 6.45) is 8.35. The van der Waals surface area contributed by atoms with E-state index in [-0.39, 0.29) is 17.1 Å². The second-order valence-electron chi connectivity index (χ2n) is 8.13. The van der Waals surface area contributed by atoms with E-state index >= 15 is 0 Å². The molecule has 22 heavy (non-hydrogen) atoms. The maximum Gasteiger partial charge on any atom is 0.225 e. The molecule has 0 saturated heterocycles. The Hall–Kier alpha value is -1.38. The van der Waals surface area contributed by atoms with Gasteiger partial charge in [0.1, 0.15) is 5.82 Å². The highest BCUT2D eigenvalue weighted by atomic mass is 19.1. The molecule has 0 aliphatic heterocycles. The second-order valence-corrected chi connectivity index (χ2v) is 8.13. The summed E-state index contributed by atoms with van der Waals surface area (Å²) in [5.74, 6) is 2.18. The van der Waals surface area contributed by atoms with Crippen LogP contribution in [0.3, 0.4) is 0 Å². The van der Waals surface area contributed by atoms with Crippen LogP contribution in [0.1, 0.15) is 50.5 Å². The van der Waals surface area contributed by atoms with E-state index in [0.29, 0.717) is 12.1 Å². The van der Waals surface area contributed by atoms with Gasteiger partial charge in [0.25, 0.3) is 0 Å². The minimum atomic E-state index is -0.343. The van der Waals surface area contributed by atoms with Crippen LogP contribution in [0.15, 0.2) is 18.2 Å². The Morgan fingerprint density at radius 2 is 1.77 bits per heavy atom. The highest BCUT2D eigenvalue weighted by Crippen LogP contribution is 2.61. The molecule has 4 bridgehead atoms. The van der Waals surface area contributed by atoms with Crippen LogP contribution >= 0.6 is 0 Å². The smallest absolute Gasteiger partial charge is 0.225 e. The summed E-state index contributed by atoms with van der Waals surface area (Å²) in [5, 5.41) is 2.81. The predicted octanol–water partition coefficient (Wildman–Crippen LogP) is 4.68. The van der Waals surface area contributed by atoms with E-state index in [9.17, 15) is 9.18 Å². The van der Waals surface area contributed by atoms with Crippen molar-refractivity contribution in [3.8, 4) is 0 Å². The van der Waals surface area contributed by atoms with Crippen molar-refractivity contribution >= 4 is 11.6 Å². The summed E-state index contributed by atoms with van der Waals surface area (Å²) < 4.78 is 13.8. The van der Waals surface area contributed by atoms with Crippen LogP contribution in [0.5, 0.6) is 0 Å². The van der Waals surface area contributed by atoms with Gasteiger partial charge in [-0.1, -0.05) is 6.07 Å². The Morgan fingerprint density at radius 3 is 2.36 bits per heavy atom. The normalized spacial score (nSPS) is 35.6. The van der Waals surface area contributed by atoms with Crippen molar-refractivity contribution in [2.24, 2.45) is 23.2 Å².